The number of pyridine rings is 1. The number of hydrogen-bond donors (Lipinski definition) is 1. The van der Waals surface area contributed by atoms with Crippen molar-refractivity contribution in [1.29, 1.82) is 0 Å². The van der Waals surface area contributed by atoms with Crippen LogP contribution in [0.25, 0.3) is 5.65 Å². The summed E-state index contributed by atoms with van der Waals surface area (Å²) in [5.41, 5.74) is 1.01. The molecule has 0 radical (unpaired) electrons. The molecular formula is C19H22F3N7OS. The Labute approximate surface area is 180 Å². The van der Waals surface area contributed by atoms with Crippen molar-refractivity contribution in [3.8, 4) is 5.75 Å². The highest BCUT2D eigenvalue weighted by atomic mass is 32.1. The number of alkyl halides is 3. The van der Waals surface area contributed by atoms with Gasteiger partial charge in [0.15, 0.2) is 18.0 Å². The molecule has 1 saturated carbocycles. The van der Waals surface area contributed by atoms with Crippen LogP contribution in [-0.2, 0) is 0 Å². The summed E-state index contributed by atoms with van der Waals surface area (Å²) >= 11 is 1.43. The van der Waals surface area contributed by atoms with Crippen molar-refractivity contribution < 1.29 is 17.9 Å². The van der Waals surface area contributed by atoms with Gasteiger partial charge in [0.05, 0.1) is 0 Å². The third-order valence-electron chi connectivity index (χ3n) is 5.84. The molecule has 8 nitrogen and oxygen atoms in total. The van der Waals surface area contributed by atoms with Crippen molar-refractivity contribution in [2.45, 2.75) is 38.9 Å². The highest BCUT2D eigenvalue weighted by molar-refractivity contribution is 7.09. The smallest absolute Gasteiger partial charge is 0.422 e. The molecule has 4 heterocycles. The molecule has 0 aromatic carbocycles. The third kappa shape index (κ3) is 4.12. The number of anilines is 2. The second kappa shape index (κ2) is 7.50. The van der Waals surface area contributed by atoms with Crippen molar-refractivity contribution in [3.63, 3.8) is 0 Å². The predicted molar refractivity (Wildman–Crippen MR) is 110 cm³/mol. The number of nitrogens with zero attached hydrogens (tertiary/aromatic N) is 6. The Bertz CT molecular complexity index is 1080. The number of aryl methyl sites for hydroxylation is 2. The molecule has 12 heteroatoms. The van der Waals surface area contributed by atoms with E-state index in [1.165, 1.54) is 16.0 Å². The van der Waals surface area contributed by atoms with Gasteiger partial charge in [-0.1, -0.05) is 0 Å². The Morgan fingerprint density at radius 3 is 2.58 bits per heavy atom. The number of rotatable bonds is 5. The van der Waals surface area contributed by atoms with Gasteiger partial charge in [-0.15, -0.1) is 5.10 Å². The fraction of sp³-hybridized carbons (Fsp3) is 0.579. The summed E-state index contributed by atoms with van der Waals surface area (Å²) < 4.78 is 48.6. The van der Waals surface area contributed by atoms with E-state index >= 15 is 0 Å². The molecule has 0 amide bonds. The third-order valence-corrected chi connectivity index (χ3v) is 6.71. The molecular weight excluding hydrogens is 431 g/mol. The quantitative estimate of drug-likeness (QED) is 0.634. The van der Waals surface area contributed by atoms with Gasteiger partial charge in [0.25, 0.3) is 0 Å². The average Bonchev–Trinajstić information content (AvgIpc) is 3.35. The van der Waals surface area contributed by atoms with E-state index < -0.39 is 12.8 Å². The molecule has 166 valence electrons. The Hall–Kier alpha value is -2.63. The van der Waals surface area contributed by atoms with Gasteiger partial charge in [0, 0.05) is 36.9 Å². The lowest BCUT2D eigenvalue weighted by atomic mass is 9.92. The predicted octanol–water partition coefficient (Wildman–Crippen LogP) is 3.47. The summed E-state index contributed by atoms with van der Waals surface area (Å²) in [5.74, 6) is 2.10. The lowest BCUT2D eigenvalue weighted by Gasteiger charge is -2.37. The molecule has 5 rings (SSSR count). The fourth-order valence-corrected chi connectivity index (χ4v) is 5.28. The van der Waals surface area contributed by atoms with Crippen LogP contribution in [0.5, 0.6) is 5.75 Å². The van der Waals surface area contributed by atoms with E-state index in [4.69, 9.17) is 4.74 Å². The minimum absolute atomic E-state index is 0.0716. The highest BCUT2D eigenvalue weighted by Crippen LogP contribution is 2.40. The van der Waals surface area contributed by atoms with Crippen LogP contribution >= 0.6 is 11.5 Å². The van der Waals surface area contributed by atoms with Gasteiger partial charge in [-0.3, -0.25) is 0 Å². The number of aromatic nitrogens is 5. The van der Waals surface area contributed by atoms with Crippen molar-refractivity contribution in [2.24, 2.45) is 11.8 Å². The largest absolute Gasteiger partial charge is 0.480 e. The second-order valence-electron chi connectivity index (χ2n) is 8.29. The maximum absolute atomic E-state index is 12.6. The van der Waals surface area contributed by atoms with Crippen LogP contribution < -0.4 is 15.0 Å². The van der Waals surface area contributed by atoms with E-state index in [-0.39, 0.29) is 17.4 Å². The maximum atomic E-state index is 12.6. The molecule has 2 bridgehead atoms. The van der Waals surface area contributed by atoms with Crippen molar-refractivity contribution in [1.82, 2.24) is 24.0 Å². The van der Waals surface area contributed by atoms with Gasteiger partial charge < -0.3 is 15.0 Å². The molecule has 2 fully saturated rings. The number of ether oxygens (including phenoxy) is 1. The van der Waals surface area contributed by atoms with Crippen LogP contribution in [0, 0.1) is 25.7 Å². The Balaban J connectivity index is 1.34. The first-order chi connectivity index (χ1) is 14.7. The number of hydrogen-bond acceptors (Lipinski definition) is 8. The molecule has 1 aliphatic carbocycles. The molecule has 1 saturated heterocycles. The Kier molecular flexibility index (Phi) is 4.91. The normalized spacial score (nSPS) is 23.5. The molecule has 3 aromatic heterocycles. The van der Waals surface area contributed by atoms with Gasteiger partial charge in [0.2, 0.25) is 11.1 Å². The number of halogens is 3. The van der Waals surface area contributed by atoms with Crippen molar-refractivity contribution >= 4 is 28.3 Å². The maximum Gasteiger partial charge on any atom is 0.422 e. The van der Waals surface area contributed by atoms with E-state index in [2.05, 4.69) is 29.7 Å². The minimum atomic E-state index is -4.42. The van der Waals surface area contributed by atoms with Crippen LogP contribution in [0.15, 0.2) is 12.3 Å². The van der Waals surface area contributed by atoms with Crippen LogP contribution in [0.1, 0.15) is 24.2 Å². The zero-order valence-corrected chi connectivity index (χ0v) is 17.9. The summed E-state index contributed by atoms with van der Waals surface area (Å²) in [6, 6.07) is 1.76. The Morgan fingerprint density at radius 1 is 1.19 bits per heavy atom. The molecule has 2 aliphatic rings. The summed E-state index contributed by atoms with van der Waals surface area (Å²) in [7, 11) is 0. The molecule has 31 heavy (non-hydrogen) atoms. The molecule has 1 N–H and O–H groups in total. The SMILES string of the molecule is Cc1cc(OCC(F)(F)F)c2nc(N[C@@H]3C4CC[C@H]3CN(c3nc(C)ns3)C4)nn2c1. The first-order valence-electron chi connectivity index (χ1n) is 10.1. The topological polar surface area (TPSA) is 80.5 Å². The first-order valence-corrected chi connectivity index (χ1v) is 10.9. The van der Waals surface area contributed by atoms with Crippen LogP contribution in [0.3, 0.4) is 0 Å². The van der Waals surface area contributed by atoms with E-state index in [0.717, 1.165) is 42.5 Å². The summed E-state index contributed by atoms with van der Waals surface area (Å²) in [6.45, 7) is 4.08. The highest BCUT2D eigenvalue weighted by Gasteiger charge is 2.43. The van der Waals surface area contributed by atoms with Gasteiger partial charge in [0.1, 0.15) is 5.82 Å². The monoisotopic (exact) mass is 453 g/mol. The average molecular weight is 453 g/mol. The summed E-state index contributed by atoms with van der Waals surface area (Å²) in [6.07, 6.45) is -0.491. The molecule has 1 unspecified atom stereocenters. The minimum Gasteiger partial charge on any atom is -0.480 e. The van der Waals surface area contributed by atoms with Gasteiger partial charge in [-0.05, 0) is 50.2 Å². The molecule has 3 aromatic rings. The van der Waals surface area contributed by atoms with Crippen LogP contribution in [0.2, 0.25) is 0 Å². The lowest BCUT2D eigenvalue weighted by molar-refractivity contribution is -0.153. The van der Waals surface area contributed by atoms with Crippen LogP contribution in [0.4, 0.5) is 24.3 Å². The van der Waals surface area contributed by atoms with Crippen LogP contribution in [-0.4, -0.2) is 55.9 Å². The zero-order chi connectivity index (χ0) is 21.8. The lowest BCUT2D eigenvalue weighted by Crippen LogP contribution is -2.48. The van der Waals surface area contributed by atoms with Gasteiger partial charge in [-0.2, -0.15) is 22.5 Å². The van der Waals surface area contributed by atoms with E-state index in [0.29, 0.717) is 17.8 Å². The van der Waals surface area contributed by atoms with E-state index in [9.17, 15) is 13.2 Å². The first kappa shape index (κ1) is 20.3. The zero-order valence-electron chi connectivity index (χ0n) is 17.1. The van der Waals surface area contributed by atoms with Crippen molar-refractivity contribution in [2.75, 3.05) is 29.9 Å². The molecule has 1 aliphatic heterocycles. The fourth-order valence-electron chi connectivity index (χ4n) is 4.59. The van der Waals surface area contributed by atoms with Crippen molar-refractivity contribution in [3.05, 3.63) is 23.7 Å². The second-order valence-corrected chi connectivity index (χ2v) is 9.02. The number of nitrogens with one attached hydrogen (secondary N) is 1. The molecule has 3 atom stereocenters. The van der Waals surface area contributed by atoms with E-state index in [1.54, 1.807) is 19.2 Å². The number of piperidine rings is 1. The van der Waals surface area contributed by atoms with Gasteiger partial charge in [-0.25, -0.2) is 9.50 Å². The number of fused-ring (bicyclic) bond motifs is 3. The summed E-state index contributed by atoms with van der Waals surface area (Å²) in [5, 5.41) is 8.86. The Morgan fingerprint density at radius 2 is 1.94 bits per heavy atom. The molecule has 0 spiro atoms. The van der Waals surface area contributed by atoms with Gasteiger partial charge >= 0.3 is 6.18 Å². The van der Waals surface area contributed by atoms with E-state index in [1.807, 2.05) is 6.92 Å². The standard InChI is InChI=1S/C19H22F3N7OS/c1-10-5-14(30-9-19(20,21)22)16-25-17(26-29(16)6-10)24-15-12-3-4-13(15)8-28(7-12)18-23-11(2)27-31-18/h5-6,12-13,15H,3-4,7-9H2,1-2H3,(H,24,26)/t12-,13?,15-/m0/s1. The summed E-state index contributed by atoms with van der Waals surface area (Å²) in [4.78, 5) is 11.3.